The molecule has 152 valence electrons. The Kier molecular flexibility index (Phi) is 6.36. The molecule has 0 fully saturated rings. The van der Waals surface area contributed by atoms with Gasteiger partial charge >= 0.3 is 0 Å². The molecule has 1 amide bonds. The van der Waals surface area contributed by atoms with Crippen molar-refractivity contribution in [2.45, 2.75) is 37.9 Å². The second-order valence-corrected chi connectivity index (χ2v) is 9.98. The quantitative estimate of drug-likeness (QED) is 0.470. The summed E-state index contributed by atoms with van der Waals surface area (Å²) in [6, 6.07) is 4.51. The van der Waals surface area contributed by atoms with Gasteiger partial charge in [-0.3, -0.25) is 9.59 Å². The van der Waals surface area contributed by atoms with Crippen LogP contribution in [0.5, 0.6) is 0 Å². The van der Waals surface area contributed by atoms with E-state index in [9.17, 15) is 14.0 Å². The van der Waals surface area contributed by atoms with Gasteiger partial charge in [-0.15, -0.1) is 11.3 Å². The zero-order chi connectivity index (χ0) is 20.4. The number of H-pyrrole nitrogens is 1. The summed E-state index contributed by atoms with van der Waals surface area (Å²) >= 11 is 6.33. The molecule has 1 aliphatic carbocycles. The molecule has 1 aliphatic rings. The topological polar surface area (TPSA) is 74.8 Å². The van der Waals surface area contributed by atoms with Crippen LogP contribution in [0.15, 0.2) is 27.5 Å². The fourth-order valence-corrected chi connectivity index (χ4v) is 5.83. The minimum Gasteiger partial charge on any atom is -0.324 e. The molecule has 0 aliphatic heterocycles. The standard InChI is InChI=1S/C20H19BrFN3O2S2/c21-11-5-6-14(13(22)9-11)23-17(26)7-8-28-10-16-24-19(27)18-12-3-1-2-4-15(12)29-20(18)25-16/h5-6,9H,1-4,7-8,10H2,(H,23,26)(H,24,25,27). The molecule has 2 N–H and O–H groups in total. The number of thiophene rings is 1. The van der Waals surface area contributed by atoms with Gasteiger partial charge in [0.2, 0.25) is 5.91 Å². The molecule has 0 saturated heterocycles. The van der Waals surface area contributed by atoms with E-state index in [1.54, 1.807) is 17.4 Å². The number of fused-ring (bicyclic) bond motifs is 3. The number of nitrogens with one attached hydrogen (secondary N) is 2. The first-order chi connectivity index (χ1) is 14.0. The lowest BCUT2D eigenvalue weighted by Gasteiger charge is -2.09. The number of aromatic nitrogens is 2. The number of hydrogen-bond acceptors (Lipinski definition) is 5. The van der Waals surface area contributed by atoms with Crippen LogP contribution < -0.4 is 10.9 Å². The molecule has 4 rings (SSSR count). The summed E-state index contributed by atoms with van der Waals surface area (Å²) in [5.74, 6) is 0.974. The fourth-order valence-electron chi connectivity index (χ4n) is 3.41. The number of aryl methyl sites for hydroxylation is 2. The number of hydrogen-bond donors (Lipinski definition) is 2. The third-order valence-electron chi connectivity index (χ3n) is 4.79. The molecule has 5 nitrogen and oxygen atoms in total. The summed E-state index contributed by atoms with van der Waals surface area (Å²) in [7, 11) is 0. The normalized spacial score (nSPS) is 13.4. The summed E-state index contributed by atoms with van der Waals surface area (Å²) < 4.78 is 14.4. The number of carbonyl (C=O) groups excluding carboxylic acids is 1. The highest BCUT2D eigenvalue weighted by atomic mass is 79.9. The Bertz CT molecular complexity index is 1130. The number of amides is 1. The molecule has 2 heterocycles. The van der Waals surface area contributed by atoms with Crippen molar-refractivity contribution in [3.63, 3.8) is 0 Å². The molecule has 1 aromatic carbocycles. The third kappa shape index (κ3) is 4.73. The Morgan fingerprint density at radius 2 is 2.17 bits per heavy atom. The highest BCUT2D eigenvalue weighted by Crippen LogP contribution is 2.33. The Morgan fingerprint density at radius 1 is 1.34 bits per heavy atom. The van der Waals surface area contributed by atoms with Crippen LogP contribution in [0.4, 0.5) is 10.1 Å². The number of carbonyl (C=O) groups is 1. The van der Waals surface area contributed by atoms with E-state index in [-0.39, 0.29) is 23.6 Å². The zero-order valence-corrected chi connectivity index (χ0v) is 18.7. The molecular formula is C20H19BrFN3O2S2. The first-order valence-corrected chi connectivity index (χ1v) is 12.1. The first kappa shape index (κ1) is 20.6. The molecule has 2 aromatic heterocycles. The van der Waals surface area contributed by atoms with Crippen molar-refractivity contribution in [3.8, 4) is 0 Å². The number of rotatable bonds is 6. The van der Waals surface area contributed by atoms with Crippen molar-refractivity contribution in [2.75, 3.05) is 11.1 Å². The van der Waals surface area contributed by atoms with Gasteiger partial charge in [0, 0.05) is 21.5 Å². The van der Waals surface area contributed by atoms with Crippen LogP contribution in [-0.2, 0) is 23.4 Å². The molecule has 29 heavy (non-hydrogen) atoms. The summed E-state index contributed by atoms with van der Waals surface area (Å²) in [6.07, 6.45) is 4.55. The SMILES string of the molecule is O=C(CCSCc1nc2sc3c(c2c(=O)[nH]1)CCCC3)Nc1ccc(Br)cc1F. The lowest BCUT2D eigenvalue weighted by Crippen LogP contribution is -2.14. The number of benzene rings is 1. The van der Waals surface area contributed by atoms with Crippen molar-refractivity contribution in [2.24, 2.45) is 0 Å². The minimum absolute atomic E-state index is 0.0616. The van der Waals surface area contributed by atoms with Crippen LogP contribution in [0.2, 0.25) is 0 Å². The second-order valence-electron chi connectivity index (χ2n) is 6.88. The maximum atomic E-state index is 13.8. The highest BCUT2D eigenvalue weighted by Gasteiger charge is 2.19. The maximum absolute atomic E-state index is 13.8. The van der Waals surface area contributed by atoms with Gasteiger partial charge in [-0.1, -0.05) is 15.9 Å². The van der Waals surface area contributed by atoms with Crippen LogP contribution in [0.3, 0.4) is 0 Å². The third-order valence-corrected chi connectivity index (χ3v) is 7.44. The van der Waals surface area contributed by atoms with Crippen LogP contribution in [0, 0.1) is 5.82 Å². The van der Waals surface area contributed by atoms with E-state index >= 15 is 0 Å². The van der Waals surface area contributed by atoms with Gasteiger partial charge in [-0.2, -0.15) is 11.8 Å². The van der Waals surface area contributed by atoms with E-state index in [0.717, 1.165) is 29.5 Å². The average molecular weight is 496 g/mol. The van der Waals surface area contributed by atoms with E-state index in [4.69, 9.17) is 0 Å². The predicted octanol–water partition coefficient (Wildman–Crippen LogP) is 5.03. The monoisotopic (exact) mass is 495 g/mol. The number of anilines is 1. The van der Waals surface area contributed by atoms with Gasteiger partial charge in [0.1, 0.15) is 16.5 Å². The Morgan fingerprint density at radius 3 is 3.00 bits per heavy atom. The van der Waals surface area contributed by atoms with Gasteiger partial charge in [-0.05, 0) is 49.4 Å². The van der Waals surface area contributed by atoms with Crippen molar-refractivity contribution < 1.29 is 9.18 Å². The predicted molar refractivity (Wildman–Crippen MR) is 120 cm³/mol. The van der Waals surface area contributed by atoms with Gasteiger partial charge in [0.15, 0.2) is 0 Å². The largest absolute Gasteiger partial charge is 0.324 e. The van der Waals surface area contributed by atoms with E-state index in [2.05, 4.69) is 31.2 Å². The number of thioether (sulfide) groups is 1. The average Bonchev–Trinajstić information content (AvgIpc) is 3.06. The fraction of sp³-hybridized carbons (Fsp3) is 0.350. The van der Waals surface area contributed by atoms with E-state index in [1.807, 2.05) is 0 Å². The number of halogens is 2. The van der Waals surface area contributed by atoms with Crippen molar-refractivity contribution >= 4 is 60.8 Å². The molecule has 0 spiro atoms. The Hall–Kier alpha value is -1.71. The van der Waals surface area contributed by atoms with Crippen molar-refractivity contribution in [1.29, 1.82) is 0 Å². The highest BCUT2D eigenvalue weighted by molar-refractivity contribution is 9.10. The van der Waals surface area contributed by atoms with E-state index in [0.29, 0.717) is 21.8 Å². The summed E-state index contributed by atoms with van der Waals surface area (Å²) in [5.41, 5.74) is 1.29. The molecule has 9 heteroatoms. The minimum atomic E-state index is -0.478. The number of nitrogens with zero attached hydrogens (tertiary/aromatic N) is 1. The van der Waals surface area contributed by atoms with Crippen LogP contribution in [-0.4, -0.2) is 21.6 Å². The van der Waals surface area contributed by atoms with E-state index in [1.165, 1.54) is 40.8 Å². The maximum Gasteiger partial charge on any atom is 0.259 e. The smallest absolute Gasteiger partial charge is 0.259 e. The summed E-state index contributed by atoms with van der Waals surface area (Å²) in [5, 5.41) is 3.34. The molecular weight excluding hydrogens is 477 g/mol. The van der Waals surface area contributed by atoms with Gasteiger partial charge in [0.25, 0.3) is 5.56 Å². The van der Waals surface area contributed by atoms with Crippen LogP contribution >= 0.6 is 39.0 Å². The lowest BCUT2D eigenvalue weighted by atomic mass is 9.97. The molecule has 3 aromatic rings. The van der Waals surface area contributed by atoms with Gasteiger partial charge in [-0.25, -0.2) is 9.37 Å². The summed E-state index contributed by atoms with van der Waals surface area (Å²) in [4.78, 5) is 34.2. The first-order valence-electron chi connectivity index (χ1n) is 9.37. The summed E-state index contributed by atoms with van der Waals surface area (Å²) in [6.45, 7) is 0. The zero-order valence-electron chi connectivity index (χ0n) is 15.5. The number of aromatic amines is 1. The molecule has 0 atom stereocenters. The molecule has 0 unspecified atom stereocenters. The van der Waals surface area contributed by atoms with Crippen LogP contribution in [0.1, 0.15) is 35.5 Å². The Balaban J connectivity index is 1.33. The van der Waals surface area contributed by atoms with Crippen molar-refractivity contribution in [3.05, 3.63) is 55.1 Å². The molecule has 0 saturated carbocycles. The van der Waals surface area contributed by atoms with Crippen LogP contribution in [0.25, 0.3) is 10.2 Å². The second kappa shape index (κ2) is 8.97. The Labute approximate surface area is 183 Å². The molecule has 0 bridgehead atoms. The molecule has 0 radical (unpaired) electrons. The lowest BCUT2D eigenvalue weighted by molar-refractivity contribution is -0.115. The van der Waals surface area contributed by atoms with Gasteiger partial charge < -0.3 is 10.3 Å². The van der Waals surface area contributed by atoms with E-state index < -0.39 is 5.82 Å². The van der Waals surface area contributed by atoms with Gasteiger partial charge in [0.05, 0.1) is 16.8 Å². The van der Waals surface area contributed by atoms with Crippen molar-refractivity contribution in [1.82, 2.24) is 9.97 Å².